The third-order valence-electron chi connectivity index (χ3n) is 3.28. The monoisotopic (exact) mass is 233 g/mol. The molecule has 0 heterocycles. The quantitative estimate of drug-likeness (QED) is 0.781. The first-order valence-electron chi connectivity index (χ1n) is 6.56. The van der Waals surface area contributed by atoms with Gasteiger partial charge < -0.3 is 10.1 Å². The molecule has 94 valence electrons. The maximum atomic E-state index is 5.32. The second-order valence-corrected chi connectivity index (χ2v) is 5.20. The van der Waals surface area contributed by atoms with Gasteiger partial charge in [-0.15, -0.1) is 0 Å². The molecule has 1 aliphatic rings. The van der Waals surface area contributed by atoms with Gasteiger partial charge in [0.1, 0.15) is 0 Å². The average Bonchev–Trinajstić information content (AvgIpc) is 3.10. The summed E-state index contributed by atoms with van der Waals surface area (Å²) in [5.41, 5.74) is 2.76. The van der Waals surface area contributed by atoms with Crippen molar-refractivity contribution in [2.45, 2.75) is 32.2 Å². The van der Waals surface area contributed by atoms with E-state index in [-0.39, 0.29) is 0 Å². The fourth-order valence-electron chi connectivity index (χ4n) is 2.22. The summed E-state index contributed by atoms with van der Waals surface area (Å²) in [6.07, 6.45) is 3.81. The minimum atomic E-state index is 0.586. The molecule has 2 rings (SSSR count). The number of aryl methyl sites for hydroxylation is 1. The van der Waals surface area contributed by atoms with Gasteiger partial charge in [0.15, 0.2) is 0 Å². The molecule has 1 aromatic rings. The summed E-state index contributed by atoms with van der Waals surface area (Å²) in [7, 11) is 1.79. The predicted molar refractivity (Wildman–Crippen MR) is 71.3 cm³/mol. The molecular formula is C15H23NO. The fraction of sp³-hybridized carbons (Fsp3) is 0.600. The fourth-order valence-corrected chi connectivity index (χ4v) is 2.22. The second-order valence-electron chi connectivity index (χ2n) is 5.20. The van der Waals surface area contributed by atoms with Crippen LogP contribution in [0.5, 0.6) is 0 Å². The van der Waals surface area contributed by atoms with Gasteiger partial charge in [-0.3, -0.25) is 0 Å². The molecule has 1 fully saturated rings. The Bertz CT molecular complexity index is 347. The van der Waals surface area contributed by atoms with Crippen molar-refractivity contribution in [2.75, 3.05) is 20.3 Å². The molecule has 0 saturated heterocycles. The number of benzene rings is 1. The number of methoxy groups -OCH3 is 1. The Hall–Kier alpha value is -0.860. The smallest absolute Gasteiger partial charge is 0.0505 e. The van der Waals surface area contributed by atoms with Gasteiger partial charge >= 0.3 is 0 Å². The third kappa shape index (κ3) is 4.49. The van der Waals surface area contributed by atoms with E-state index >= 15 is 0 Å². The van der Waals surface area contributed by atoms with Crippen molar-refractivity contribution in [1.29, 1.82) is 0 Å². The average molecular weight is 233 g/mol. The van der Waals surface area contributed by atoms with E-state index in [1.807, 2.05) is 0 Å². The summed E-state index contributed by atoms with van der Waals surface area (Å²) in [6, 6.07) is 9.57. The molecule has 2 heteroatoms. The minimum Gasteiger partial charge on any atom is -0.384 e. The molecule has 2 nitrogen and oxygen atoms in total. The van der Waals surface area contributed by atoms with Gasteiger partial charge in [0.2, 0.25) is 0 Å². The highest BCUT2D eigenvalue weighted by atomic mass is 16.5. The van der Waals surface area contributed by atoms with E-state index in [4.69, 9.17) is 4.74 Å². The Morgan fingerprint density at radius 1 is 1.41 bits per heavy atom. The molecule has 1 N–H and O–H groups in total. The summed E-state index contributed by atoms with van der Waals surface area (Å²) in [5.74, 6) is 0.586. The van der Waals surface area contributed by atoms with Gasteiger partial charge in [0, 0.05) is 19.7 Å². The molecule has 0 bridgehead atoms. The van der Waals surface area contributed by atoms with Crippen molar-refractivity contribution >= 4 is 0 Å². The van der Waals surface area contributed by atoms with E-state index < -0.39 is 0 Å². The lowest BCUT2D eigenvalue weighted by Crippen LogP contribution is -2.28. The van der Waals surface area contributed by atoms with Crippen molar-refractivity contribution in [1.82, 2.24) is 5.32 Å². The molecule has 0 aliphatic heterocycles. The Labute approximate surface area is 104 Å². The maximum absolute atomic E-state index is 5.32. The summed E-state index contributed by atoms with van der Waals surface area (Å²) < 4.78 is 5.32. The lowest BCUT2D eigenvalue weighted by Gasteiger charge is -2.17. The number of hydrogen-bond donors (Lipinski definition) is 1. The first-order valence-corrected chi connectivity index (χ1v) is 6.56. The highest BCUT2D eigenvalue weighted by Crippen LogP contribution is 2.19. The Morgan fingerprint density at radius 2 is 2.24 bits per heavy atom. The minimum absolute atomic E-state index is 0.586. The van der Waals surface area contributed by atoms with Gasteiger partial charge in [-0.2, -0.15) is 0 Å². The Kier molecular flexibility index (Phi) is 4.57. The third-order valence-corrected chi connectivity index (χ3v) is 3.28. The first-order chi connectivity index (χ1) is 8.28. The lowest BCUT2D eigenvalue weighted by molar-refractivity contribution is 0.150. The number of nitrogens with one attached hydrogen (secondary N) is 1. The van der Waals surface area contributed by atoms with Gasteiger partial charge in [0.25, 0.3) is 0 Å². The van der Waals surface area contributed by atoms with Crippen LogP contribution in [0.15, 0.2) is 24.3 Å². The van der Waals surface area contributed by atoms with Crippen molar-refractivity contribution in [2.24, 2.45) is 5.92 Å². The van der Waals surface area contributed by atoms with Crippen LogP contribution in [-0.2, 0) is 11.2 Å². The van der Waals surface area contributed by atoms with Crippen molar-refractivity contribution < 1.29 is 4.74 Å². The molecule has 17 heavy (non-hydrogen) atoms. The van der Waals surface area contributed by atoms with Gasteiger partial charge in [-0.25, -0.2) is 0 Å². The first kappa shape index (κ1) is 12.6. The SMILES string of the molecule is COCC(CNC1CC1)Cc1cccc(C)c1. The maximum Gasteiger partial charge on any atom is 0.0505 e. The summed E-state index contributed by atoms with van der Waals surface area (Å²) in [5, 5.41) is 3.60. The van der Waals surface area contributed by atoms with Gasteiger partial charge in [-0.1, -0.05) is 29.8 Å². The van der Waals surface area contributed by atoms with Crippen LogP contribution in [0.1, 0.15) is 24.0 Å². The van der Waals surface area contributed by atoms with Crippen molar-refractivity contribution in [3.63, 3.8) is 0 Å². The van der Waals surface area contributed by atoms with Crippen LogP contribution in [0.25, 0.3) is 0 Å². The van der Waals surface area contributed by atoms with E-state index in [2.05, 4.69) is 36.5 Å². The largest absolute Gasteiger partial charge is 0.384 e. The van der Waals surface area contributed by atoms with Crippen LogP contribution >= 0.6 is 0 Å². The zero-order valence-corrected chi connectivity index (χ0v) is 10.9. The standard InChI is InChI=1S/C15H23NO/c1-12-4-3-5-13(8-12)9-14(11-17-2)10-16-15-6-7-15/h3-5,8,14-16H,6-7,9-11H2,1-2H3. The van der Waals surface area contributed by atoms with Crippen LogP contribution in [-0.4, -0.2) is 26.3 Å². The van der Waals surface area contributed by atoms with Crippen molar-refractivity contribution in [3.05, 3.63) is 35.4 Å². The summed E-state index contributed by atoms with van der Waals surface area (Å²) in [4.78, 5) is 0. The molecule has 1 saturated carbocycles. The normalized spacial score (nSPS) is 17.1. The molecule has 1 atom stereocenters. The van der Waals surface area contributed by atoms with E-state index in [0.29, 0.717) is 5.92 Å². The number of rotatable bonds is 7. The molecule has 1 unspecified atom stereocenters. The van der Waals surface area contributed by atoms with Gasteiger partial charge in [0.05, 0.1) is 6.61 Å². The molecule has 0 aromatic heterocycles. The Balaban J connectivity index is 1.86. The molecule has 0 amide bonds. The zero-order valence-electron chi connectivity index (χ0n) is 10.9. The summed E-state index contributed by atoms with van der Waals surface area (Å²) >= 11 is 0. The van der Waals surface area contributed by atoms with Gasteiger partial charge in [-0.05, 0) is 37.7 Å². The topological polar surface area (TPSA) is 21.3 Å². The second kappa shape index (κ2) is 6.18. The van der Waals surface area contributed by atoms with Crippen LogP contribution in [0.2, 0.25) is 0 Å². The van der Waals surface area contributed by atoms with Crippen LogP contribution < -0.4 is 5.32 Å². The molecule has 1 aromatic carbocycles. The lowest BCUT2D eigenvalue weighted by atomic mass is 9.98. The molecule has 1 aliphatic carbocycles. The zero-order chi connectivity index (χ0) is 12.1. The van der Waals surface area contributed by atoms with E-state index in [9.17, 15) is 0 Å². The highest BCUT2D eigenvalue weighted by Gasteiger charge is 2.21. The summed E-state index contributed by atoms with van der Waals surface area (Å²) in [6.45, 7) is 4.07. The Morgan fingerprint density at radius 3 is 2.88 bits per heavy atom. The van der Waals surface area contributed by atoms with Crippen molar-refractivity contribution in [3.8, 4) is 0 Å². The van der Waals surface area contributed by atoms with E-state index in [0.717, 1.165) is 25.6 Å². The number of hydrogen-bond acceptors (Lipinski definition) is 2. The van der Waals surface area contributed by atoms with E-state index in [1.165, 1.54) is 24.0 Å². The van der Waals surface area contributed by atoms with Crippen LogP contribution in [0, 0.1) is 12.8 Å². The molecular weight excluding hydrogens is 210 g/mol. The van der Waals surface area contributed by atoms with E-state index in [1.54, 1.807) is 7.11 Å². The molecule has 0 radical (unpaired) electrons. The number of ether oxygens (including phenoxy) is 1. The van der Waals surface area contributed by atoms with Crippen LogP contribution in [0.3, 0.4) is 0 Å². The van der Waals surface area contributed by atoms with Crippen LogP contribution in [0.4, 0.5) is 0 Å². The predicted octanol–water partition coefficient (Wildman–Crippen LogP) is 2.55. The highest BCUT2D eigenvalue weighted by molar-refractivity contribution is 5.22. The molecule has 0 spiro atoms.